The summed E-state index contributed by atoms with van der Waals surface area (Å²) in [4.78, 5) is 0.673. The molecule has 0 aliphatic heterocycles. The number of rotatable bonds is 13. The highest BCUT2D eigenvalue weighted by molar-refractivity contribution is 7.96. The minimum Gasteiger partial charge on any atom is -0.298 e. The summed E-state index contributed by atoms with van der Waals surface area (Å²) >= 11 is 0. The van der Waals surface area contributed by atoms with Crippen LogP contribution in [0.5, 0.6) is 0 Å². The fourth-order valence-corrected chi connectivity index (χ4v) is 3.52. The van der Waals surface area contributed by atoms with Crippen LogP contribution in [0.2, 0.25) is 0 Å². The number of benzene rings is 1. The zero-order valence-corrected chi connectivity index (χ0v) is 15.8. The fourth-order valence-electron chi connectivity index (χ4n) is 2.78. The molecule has 0 radical (unpaired) electrons. The van der Waals surface area contributed by atoms with Crippen molar-refractivity contribution < 1.29 is 8.39 Å². The summed E-state index contributed by atoms with van der Waals surface area (Å²) in [6.45, 7) is 2.27. The molecule has 1 unspecified atom stereocenters. The van der Waals surface area contributed by atoms with E-state index in [0.29, 0.717) is 4.90 Å². The lowest BCUT2D eigenvalue weighted by Gasteiger charge is -2.08. The third-order valence-electron chi connectivity index (χ3n) is 4.37. The molecule has 2 nitrogen and oxygen atoms in total. The Kier molecular flexibility index (Phi) is 10.3. The van der Waals surface area contributed by atoms with Gasteiger partial charge in [0, 0.05) is 0 Å². The SMILES string of the molecule is C=S(=O)(OC)c1ccc(CCCCCCCCCCCC)cc1. The highest BCUT2D eigenvalue weighted by atomic mass is 32.2. The zero-order chi connectivity index (χ0) is 17.0. The molecule has 3 heteroatoms. The Labute approximate surface area is 143 Å². The quantitative estimate of drug-likeness (QED) is 0.336. The van der Waals surface area contributed by atoms with E-state index >= 15 is 0 Å². The molecule has 0 saturated heterocycles. The number of hydrogen-bond acceptors (Lipinski definition) is 2. The standard InChI is InChI=1S/C20H34O2S/c1-4-5-6-7-8-9-10-11-12-13-14-19-15-17-20(18-16-19)23(3,21)22-2/h15-18H,3-14H2,1-2H3. The molecule has 0 saturated carbocycles. The lowest BCUT2D eigenvalue weighted by Crippen LogP contribution is -2.02. The van der Waals surface area contributed by atoms with Crippen LogP contribution in [-0.4, -0.2) is 17.2 Å². The first kappa shape index (κ1) is 20.2. The third-order valence-corrected chi connectivity index (χ3v) is 5.90. The fraction of sp³-hybridized carbons (Fsp3) is 0.650. The maximum Gasteiger partial charge on any atom is 0.106 e. The minimum absolute atomic E-state index is 0.673. The Morgan fingerprint density at radius 1 is 0.870 bits per heavy atom. The van der Waals surface area contributed by atoms with Crippen molar-refractivity contribution >= 4 is 15.7 Å². The molecule has 132 valence electrons. The Balaban J connectivity index is 2.10. The van der Waals surface area contributed by atoms with Gasteiger partial charge in [0.05, 0.1) is 12.0 Å². The molecule has 1 aromatic rings. The lowest BCUT2D eigenvalue weighted by molar-refractivity contribution is 0.442. The van der Waals surface area contributed by atoms with Crippen LogP contribution in [-0.2, 0) is 20.4 Å². The molecule has 0 spiro atoms. The molecule has 23 heavy (non-hydrogen) atoms. The summed E-state index contributed by atoms with van der Waals surface area (Å²) in [6, 6.07) is 7.86. The molecule has 0 N–H and O–H groups in total. The maximum absolute atomic E-state index is 12.0. The molecule has 0 aliphatic rings. The molecule has 1 atom stereocenters. The van der Waals surface area contributed by atoms with Crippen molar-refractivity contribution in [2.75, 3.05) is 7.11 Å². The van der Waals surface area contributed by atoms with Crippen molar-refractivity contribution in [1.82, 2.24) is 0 Å². The van der Waals surface area contributed by atoms with Crippen LogP contribution >= 0.6 is 0 Å². The predicted molar refractivity (Wildman–Crippen MR) is 103 cm³/mol. The zero-order valence-electron chi connectivity index (χ0n) is 15.0. The van der Waals surface area contributed by atoms with Crippen molar-refractivity contribution in [3.05, 3.63) is 29.8 Å². The van der Waals surface area contributed by atoms with Crippen LogP contribution < -0.4 is 0 Å². The van der Waals surface area contributed by atoms with E-state index in [1.807, 2.05) is 24.3 Å². The normalized spacial score (nSPS) is 13.8. The van der Waals surface area contributed by atoms with Gasteiger partial charge in [0.2, 0.25) is 0 Å². The summed E-state index contributed by atoms with van der Waals surface area (Å²) in [5.41, 5.74) is 1.31. The maximum atomic E-state index is 12.0. The molecular weight excluding hydrogens is 304 g/mol. The van der Waals surface area contributed by atoms with E-state index in [1.165, 1.54) is 76.9 Å². The second kappa shape index (κ2) is 11.7. The topological polar surface area (TPSA) is 26.3 Å². The molecule has 0 aliphatic carbocycles. The molecule has 0 amide bonds. The Bertz CT molecular complexity index is 503. The van der Waals surface area contributed by atoms with Crippen molar-refractivity contribution in [3.63, 3.8) is 0 Å². The van der Waals surface area contributed by atoms with Crippen molar-refractivity contribution in [3.8, 4) is 0 Å². The number of aryl methyl sites for hydroxylation is 1. The average Bonchev–Trinajstić information content (AvgIpc) is 2.57. The van der Waals surface area contributed by atoms with Gasteiger partial charge >= 0.3 is 0 Å². The number of unbranched alkanes of at least 4 members (excludes halogenated alkanes) is 9. The molecule has 0 fully saturated rings. The summed E-state index contributed by atoms with van der Waals surface area (Å²) in [6.07, 6.45) is 14.7. The van der Waals surface area contributed by atoms with E-state index in [4.69, 9.17) is 4.18 Å². The van der Waals surface area contributed by atoms with Gasteiger partial charge in [-0.1, -0.05) is 76.8 Å². The van der Waals surface area contributed by atoms with Gasteiger partial charge in [0.1, 0.15) is 9.80 Å². The van der Waals surface area contributed by atoms with E-state index in [2.05, 4.69) is 12.8 Å². The van der Waals surface area contributed by atoms with E-state index < -0.39 is 9.80 Å². The predicted octanol–water partition coefficient (Wildman–Crippen LogP) is 5.79. The molecule has 0 bridgehead atoms. The van der Waals surface area contributed by atoms with Gasteiger partial charge in [0.15, 0.2) is 0 Å². The van der Waals surface area contributed by atoms with Crippen LogP contribution in [0.25, 0.3) is 0 Å². The second-order valence-corrected chi connectivity index (χ2v) is 8.39. The van der Waals surface area contributed by atoms with Gasteiger partial charge in [-0.05, 0) is 36.4 Å². The summed E-state index contributed by atoms with van der Waals surface area (Å²) < 4.78 is 16.9. The Morgan fingerprint density at radius 3 is 1.83 bits per heavy atom. The first-order valence-corrected chi connectivity index (χ1v) is 10.8. The lowest BCUT2D eigenvalue weighted by atomic mass is 10.0. The van der Waals surface area contributed by atoms with Crippen LogP contribution in [0.3, 0.4) is 0 Å². The monoisotopic (exact) mass is 338 g/mol. The Hall–Kier alpha value is -0.800. The molecule has 1 aromatic carbocycles. The van der Waals surface area contributed by atoms with Crippen molar-refractivity contribution in [2.24, 2.45) is 0 Å². The Morgan fingerprint density at radius 2 is 1.35 bits per heavy atom. The van der Waals surface area contributed by atoms with Gasteiger partial charge in [-0.3, -0.25) is 4.18 Å². The summed E-state index contributed by atoms with van der Waals surface area (Å²) in [5, 5.41) is 0. The van der Waals surface area contributed by atoms with E-state index in [0.717, 1.165) is 6.42 Å². The molecular formula is C20H34O2S. The van der Waals surface area contributed by atoms with Gasteiger partial charge in [-0.25, -0.2) is 4.21 Å². The van der Waals surface area contributed by atoms with Gasteiger partial charge in [0.25, 0.3) is 0 Å². The van der Waals surface area contributed by atoms with Gasteiger partial charge < -0.3 is 0 Å². The second-order valence-electron chi connectivity index (χ2n) is 6.36. The molecule has 0 heterocycles. The van der Waals surface area contributed by atoms with Crippen molar-refractivity contribution in [1.29, 1.82) is 0 Å². The van der Waals surface area contributed by atoms with Gasteiger partial charge in [-0.15, -0.1) is 0 Å². The van der Waals surface area contributed by atoms with Crippen molar-refractivity contribution in [2.45, 2.75) is 82.4 Å². The summed E-state index contributed by atoms with van der Waals surface area (Å²) in [7, 11) is -1.12. The van der Waals surface area contributed by atoms with Crippen LogP contribution in [0.1, 0.15) is 76.7 Å². The minimum atomic E-state index is -2.56. The van der Waals surface area contributed by atoms with Crippen LogP contribution in [0.4, 0.5) is 0 Å². The highest BCUT2D eigenvalue weighted by Crippen LogP contribution is 2.15. The largest absolute Gasteiger partial charge is 0.298 e. The number of hydrogen-bond donors (Lipinski definition) is 0. The first-order chi connectivity index (χ1) is 11.1. The molecule has 1 rings (SSSR count). The summed E-state index contributed by atoms with van der Waals surface area (Å²) in [5.74, 6) is 3.62. The molecule has 0 aromatic heterocycles. The van der Waals surface area contributed by atoms with Gasteiger partial charge in [-0.2, -0.15) is 0 Å². The van der Waals surface area contributed by atoms with E-state index in [1.54, 1.807) is 0 Å². The smallest absolute Gasteiger partial charge is 0.106 e. The first-order valence-electron chi connectivity index (χ1n) is 9.12. The average molecular weight is 339 g/mol. The van der Waals surface area contributed by atoms with Crippen LogP contribution in [0.15, 0.2) is 29.2 Å². The van der Waals surface area contributed by atoms with E-state index in [9.17, 15) is 4.21 Å². The van der Waals surface area contributed by atoms with E-state index in [-0.39, 0.29) is 0 Å². The highest BCUT2D eigenvalue weighted by Gasteiger charge is 2.05. The third kappa shape index (κ3) is 8.57. The van der Waals surface area contributed by atoms with Crippen LogP contribution in [0, 0.1) is 0 Å².